The molecular formula is C15H16FN3O. The molecular weight excluding hydrogens is 257 g/mol. The fourth-order valence-electron chi connectivity index (χ4n) is 1.82. The molecule has 0 aliphatic rings. The maximum absolute atomic E-state index is 12.8. The minimum atomic E-state index is -0.276. The molecule has 4 nitrogen and oxygen atoms in total. The van der Waals surface area contributed by atoms with Crippen molar-refractivity contribution in [2.24, 2.45) is 5.92 Å². The molecule has 0 N–H and O–H groups in total. The van der Waals surface area contributed by atoms with Crippen molar-refractivity contribution in [1.82, 2.24) is 15.0 Å². The van der Waals surface area contributed by atoms with Gasteiger partial charge in [-0.25, -0.2) is 9.07 Å². The van der Waals surface area contributed by atoms with Crippen LogP contribution in [0, 0.1) is 11.7 Å². The SMILES string of the molecule is CC(C)Cn1nnc(C=O)c1/C=C/c1ccc(F)cc1. The highest BCUT2D eigenvalue weighted by molar-refractivity contribution is 5.81. The second-order valence-electron chi connectivity index (χ2n) is 4.94. The van der Waals surface area contributed by atoms with Crippen LogP contribution in [0.4, 0.5) is 4.39 Å². The molecule has 0 spiro atoms. The van der Waals surface area contributed by atoms with Gasteiger partial charge in [-0.05, 0) is 29.7 Å². The third-order valence-electron chi connectivity index (χ3n) is 2.75. The van der Waals surface area contributed by atoms with Gasteiger partial charge in [0.15, 0.2) is 12.0 Å². The van der Waals surface area contributed by atoms with Crippen LogP contribution in [-0.2, 0) is 6.54 Å². The van der Waals surface area contributed by atoms with Gasteiger partial charge in [0.05, 0.1) is 5.69 Å². The molecule has 1 aromatic carbocycles. The number of nitrogens with zero attached hydrogens (tertiary/aromatic N) is 3. The second-order valence-corrected chi connectivity index (χ2v) is 4.94. The first-order valence-corrected chi connectivity index (χ1v) is 6.42. The Kier molecular flexibility index (Phi) is 4.40. The Hall–Kier alpha value is -2.30. The fraction of sp³-hybridized carbons (Fsp3) is 0.267. The van der Waals surface area contributed by atoms with Crippen LogP contribution in [0.5, 0.6) is 0 Å². The van der Waals surface area contributed by atoms with Gasteiger partial charge in [0, 0.05) is 6.54 Å². The summed E-state index contributed by atoms with van der Waals surface area (Å²) in [5.74, 6) is 0.122. The summed E-state index contributed by atoms with van der Waals surface area (Å²) in [5, 5.41) is 7.83. The topological polar surface area (TPSA) is 47.8 Å². The summed E-state index contributed by atoms with van der Waals surface area (Å²) in [6.07, 6.45) is 4.27. The fourth-order valence-corrected chi connectivity index (χ4v) is 1.82. The molecule has 104 valence electrons. The van der Waals surface area contributed by atoms with Crippen molar-refractivity contribution in [3.8, 4) is 0 Å². The van der Waals surface area contributed by atoms with Gasteiger partial charge in [-0.2, -0.15) is 0 Å². The largest absolute Gasteiger partial charge is 0.296 e. The highest BCUT2D eigenvalue weighted by Crippen LogP contribution is 2.12. The Morgan fingerprint density at radius 3 is 2.55 bits per heavy atom. The van der Waals surface area contributed by atoms with Crippen LogP contribution in [0.15, 0.2) is 24.3 Å². The Labute approximate surface area is 116 Å². The number of aldehydes is 1. The quantitative estimate of drug-likeness (QED) is 0.787. The average molecular weight is 273 g/mol. The van der Waals surface area contributed by atoms with Gasteiger partial charge in [0.2, 0.25) is 0 Å². The van der Waals surface area contributed by atoms with E-state index in [2.05, 4.69) is 24.2 Å². The lowest BCUT2D eigenvalue weighted by Gasteiger charge is -2.06. The van der Waals surface area contributed by atoms with E-state index in [-0.39, 0.29) is 5.82 Å². The molecule has 2 aromatic rings. The second kappa shape index (κ2) is 6.23. The summed E-state index contributed by atoms with van der Waals surface area (Å²) in [7, 11) is 0. The van der Waals surface area contributed by atoms with Gasteiger partial charge in [-0.15, -0.1) is 5.10 Å². The van der Waals surface area contributed by atoms with Crippen LogP contribution in [0.3, 0.4) is 0 Å². The number of carbonyl (C=O) groups excluding carboxylic acids is 1. The van der Waals surface area contributed by atoms with E-state index >= 15 is 0 Å². The molecule has 0 saturated heterocycles. The minimum Gasteiger partial charge on any atom is -0.296 e. The van der Waals surface area contributed by atoms with E-state index in [9.17, 15) is 9.18 Å². The maximum Gasteiger partial charge on any atom is 0.172 e. The first-order valence-electron chi connectivity index (χ1n) is 6.42. The van der Waals surface area contributed by atoms with Crippen LogP contribution in [0.25, 0.3) is 12.2 Å². The molecule has 0 saturated carbocycles. The van der Waals surface area contributed by atoms with Crippen LogP contribution in [0.2, 0.25) is 0 Å². The smallest absolute Gasteiger partial charge is 0.172 e. The summed E-state index contributed by atoms with van der Waals surface area (Å²) in [6.45, 7) is 4.81. The van der Waals surface area contributed by atoms with Crippen molar-refractivity contribution >= 4 is 18.4 Å². The summed E-state index contributed by atoms with van der Waals surface area (Å²) in [4.78, 5) is 11.0. The molecule has 0 unspecified atom stereocenters. The summed E-state index contributed by atoms with van der Waals surface area (Å²) < 4.78 is 14.5. The standard InChI is InChI=1S/C15H16FN3O/c1-11(2)9-19-15(14(10-20)17-18-19)8-5-12-3-6-13(16)7-4-12/h3-8,10-11H,9H2,1-2H3/b8-5+. The lowest BCUT2D eigenvalue weighted by Crippen LogP contribution is -2.08. The number of benzene rings is 1. The lowest BCUT2D eigenvalue weighted by molar-refractivity contribution is 0.111. The molecule has 0 amide bonds. The third kappa shape index (κ3) is 3.38. The monoisotopic (exact) mass is 273 g/mol. The molecule has 1 heterocycles. The number of aromatic nitrogens is 3. The molecule has 1 aromatic heterocycles. The van der Waals surface area contributed by atoms with Crippen LogP contribution in [-0.4, -0.2) is 21.3 Å². The van der Waals surface area contributed by atoms with Crippen LogP contribution in [0.1, 0.15) is 35.6 Å². The van der Waals surface area contributed by atoms with E-state index in [1.807, 2.05) is 6.08 Å². The molecule has 0 aliphatic heterocycles. The zero-order chi connectivity index (χ0) is 14.5. The van der Waals surface area contributed by atoms with E-state index in [1.54, 1.807) is 22.9 Å². The maximum atomic E-state index is 12.8. The summed E-state index contributed by atoms with van der Waals surface area (Å²) in [5.41, 5.74) is 1.82. The average Bonchev–Trinajstić information content (AvgIpc) is 2.79. The minimum absolute atomic E-state index is 0.276. The zero-order valence-corrected chi connectivity index (χ0v) is 11.5. The van der Waals surface area contributed by atoms with Crippen molar-refractivity contribution < 1.29 is 9.18 Å². The van der Waals surface area contributed by atoms with Gasteiger partial charge < -0.3 is 0 Å². The highest BCUT2D eigenvalue weighted by atomic mass is 19.1. The molecule has 2 rings (SSSR count). The predicted octanol–water partition coefficient (Wildman–Crippen LogP) is 3.06. The number of halogens is 1. The predicted molar refractivity (Wildman–Crippen MR) is 75.6 cm³/mol. The third-order valence-corrected chi connectivity index (χ3v) is 2.75. The molecule has 0 fully saturated rings. The van der Waals surface area contributed by atoms with Crippen molar-refractivity contribution in [2.45, 2.75) is 20.4 Å². The molecule has 0 atom stereocenters. The summed E-state index contributed by atoms with van der Waals surface area (Å²) in [6, 6.07) is 6.12. The Balaban J connectivity index is 2.29. The first kappa shape index (κ1) is 14.1. The van der Waals surface area contributed by atoms with Crippen molar-refractivity contribution in [3.63, 3.8) is 0 Å². The van der Waals surface area contributed by atoms with Gasteiger partial charge >= 0.3 is 0 Å². The molecule has 0 aliphatic carbocycles. The lowest BCUT2D eigenvalue weighted by atomic mass is 10.1. The summed E-state index contributed by atoms with van der Waals surface area (Å²) >= 11 is 0. The van der Waals surface area contributed by atoms with Gasteiger partial charge in [-0.3, -0.25) is 4.79 Å². The Bertz CT molecular complexity index is 615. The highest BCUT2D eigenvalue weighted by Gasteiger charge is 2.10. The first-order chi connectivity index (χ1) is 9.60. The van der Waals surface area contributed by atoms with Crippen molar-refractivity contribution in [2.75, 3.05) is 0 Å². The van der Waals surface area contributed by atoms with E-state index in [1.165, 1.54) is 12.1 Å². The number of rotatable bonds is 5. The number of hydrogen-bond acceptors (Lipinski definition) is 3. The van der Waals surface area contributed by atoms with Crippen LogP contribution >= 0.6 is 0 Å². The van der Waals surface area contributed by atoms with E-state index in [0.29, 0.717) is 30.1 Å². The Morgan fingerprint density at radius 1 is 1.25 bits per heavy atom. The number of carbonyl (C=O) groups is 1. The van der Waals surface area contributed by atoms with Gasteiger partial charge in [0.1, 0.15) is 5.82 Å². The molecule has 5 heteroatoms. The van der Waals surface area contributed by atoms with E-state index in [0.717, 1.165) is 5.56 Å². The van der Waals surface area contributed by atoms with Crippen molar-refractivity contribution in [3.05, 3.63) is 47.0 Å². The molecule has 0 bridgehead atoms. The van der Waals surface area contributed by atoms with E-state index in [4.69, 9.17) is 0 Å². The molecule has 20 heavy (non-hydrogen) atoms. The number of hydrogen-bond donors (Lipinski definition) is 0. The van der Waals surface area contributed by atoms with Crippen LogP contribution < -0.4 is 0 Å². The normalized spacial score (nSPS) is 11.4. The van der Waals surface area contributed by atoms with Crippen molar-refractivity contribution in [1.29, 1.82) is 0 Å². The van der Waals surface area contributed by atoms with E-state index < -0.39 is 0 Å². The van der Waals surface area contributed by atoms with Gasteiger partial charge in [0.25, 0.3) is 0 Å². The van der Waals surface area contributed by atoms with Gasteiger partial charge in [-0.1, -0.05) is 37.3 Å². The molecule has 0 radical (unpaired) electrons. The zero-order valence-electron chi connectivity index (χ0n) is 11.5. The Morgan fingerprint density at radius 2 is 1.95 bits per heavy atom.